The molecule has 0 saturated heterocycles. The van der Waals surface area contributed by atoms with E-state index in [0.717, 1.165) is 5.56 Å². The van der Waals surface area contributed by atoms with E-state index in [9.17, 15) is 12.8 Å². The summed E-state index contributed by atoms with van der Waals surface area (Å²) < 4.78 is 38.8. The highest BCUT2D eigenvalue weighted by molar-refractivity contribution is 7.92. The largest absolute Gasteiger partial charge is 0.330 e. The van der Waals surface area contributed by atoms with Crippen molar-refractivity contribution in [3.05, 3.63) is 29.6 Å². The van der Waals surface area contributed by atoms with Gasteiger partial charge in [-0.25, -0.2) is 12.8 Å². The fourth-order valence-electron chi connectivity index (χ4n) is 1.36. The van der Waals surface area contributed by atoms with Gasteiger partial charge in [-0.15, -0.1) is 0 Å². The van der Waals surface area contributed by atoms with Gasteiger partial charge in [0.15, 0.2) is 0 Å². The van der Waals surface area contributed by atoms with Crippen LogP contribution in [0.4, 0.5) is 10.1 Å². The van der Waals surface area contributed by atoms with E-state index in [4.69, 9.17) is 5.73 Å². The summed E-state index contributed by atoms with van der Waals surface area (Å²) in [7, 11) is -3.49. The van der Waals surface area contributed by atoms with Crippen molar-refractivity contribution in [2.24, 2.45) is 5.73 Å². The lowest BCUT2D eigenvalue weighted by atomic mass is 10.2. The van der Waals surface area contributed by atoms with Crippen LogP contribution in [-0.2, 0) is 10.0 Å². The van der Waals surface area contributed by atoms with Crippen molar-refractivity contribution in [3.8, 4) is 0 Å². The summed E-state index contributed by atoms with van der Waals surface area (Å²) in [4.78, 5) is 0. The number of hydrogen-bond donors (Lipinski definition) is 2. The van der Waals surface area contributed by atoms with Gasteiger partial charge in [0.25, 0.3) is 0 Å². The maximum absolute atomic E-state index is 13.4. The Hall–Kier alpha value is -1.14. The smallest absolute Gasteiger partial charge is 0.232 e. The van der Waals surface area contributed by atoms with Crippen LogP contribution in [0, 0.1) is 12.7 Å². The lowest BCUT2D eigenvalue weighted by molar-refractivity contribution is 0.594. The average Bonchev–Trinajstić information content (AvgIpc) is 2.22. The molecular formula is C11H17FN2O2S. The van der Waals surface area contributed by atoms with Crippen LogP contribution in [0.25, 0.3) is 0 Å². The molecule has 0 atom stereocenters. The predicted molar refractivity (Wildman–Crippen MR) is 66.8 cm³/mol. The molecule has 0 radical (unpaired) electrons. The number of nitrogens with two attached hydrogens (primary N) is 1. The first-order valence-electron chi connectivity index (χ1n) is 5.41. The van der Waals surface area contributed by atoms with Crippen LogP contribution in [0.3, 0.4) is 0 Å². The van der Waals surface area contributed by atoms with Gasteiger partial charge in [0.2, 0.25) is 10.0 Å². The molecule has 4 nitrogen and oxygen atoms in total. The molecule has 3 N–H and O–H groups in total. The Labute approximate surface area is 101 Å². The third kappa shape index (κ3) is 4.70. The summed E-state index contributed by atoms with van der Waals surface area (Å²) >= 11 is 0. The van der Waals surface area contributed by atoms with Crippen molar-refractivity contribution >= 4 is 15.7 Å². The molecule has 0 fully saturated rings. The lowest BCUT2D eigenvalue weighted by Crippen LogP contribution is -2.18. The average molecular weight is 260 g/mol. The van der Waals surface area contributed by atoms with E-state index in [-0.39, 0.29) is 11.4 Å². The van der Waals surface area contributed by atoms with Crippen LogP contribution in [0.5, 0.6) is 0 Å². The lowest BCUT2D eigenvalue weighted by Gasteiger charge is -2.09. The minimum absolute atomic E-state index is 0.0108. The first kappa shape index (κ1) is 13.9. The second-order valence-electron chi connectivity index (χ2n) is 3.90. The molecule has 0 aliphatic carbocycles. The quantitative estimate of drug-likeness (QED) is 0.763. The van der Waals surface area contributed by atoms with E-state index in [1.807, 2.05) is 0 Å². The SMILES string of the molecule is Cc1ccc(NS(=O)(=O)CCCCN)c(F)c1. The van der Waals surface area contributed by atoms with Gasteiger partial charge in [0.1, 0.15) is 5.82 Å². The normalized spacial score (nSPS) is 11.5. The molecule has 6 heteroatoms. The summed E-state index contributed by atoms with van der Waals surface area (Å²) in [5.41, 5.74) is 6.01. The van der Waals surface area contributed by atoms with Crippen LogP contribution in [0.15, 0.2) is 18.2 Å². The molecule has 96 valence electrons. The Morgan fingerprint density at radius 2 is 2.06 bits per heavy atom. The first-order valence-corrected chi connectivity index (χ1v) is 7.06. The number of unbranched alkanes of at least 4 members (excludes halogenated alkanes) is 1. The molecule has 1 aromatic carbocycles. The zero-order chi connectivity index (χ0) is 12.9. The maximum atomic E-state index is 13.4. The van der Waals surface area contributed by atoms with Crippen LogP contribution in [0.2, 0.25) is 0 Å². The minimum atomic E-state index is -3.49. The van der Waals surface area contributed by atoms with Crippen LogP contribution in [-0.4, -0.2) is 20.7 Å². The molecule has 0 spiro atoms. The van der Waals surface area contributed by atoms with Gasteiger partial charge in [-0.05, 0) is 44.0 Å². The van der Waals surface area contributed by atoms with Crippen molar-refractivity contribution in [1.29, 1.82) is 0 Å². The van der Waals surface area contributed by atoms with Gasteiger partial charge in [-0.1, -0.05) is 6.07 Å². The highest BCUT2D eigenvalue weighted by atomic mass is 32.2. The molecule has 0 unspecified atom stereocenters. The topological polar surface area (TPSA) is 72.2 Å². The zero-order valence-corrected chi connectivity index (χ0v) is 10.6. The molecule has 0 heterocycles. The molecule has 0 aliphatic rings. The van der Waals surface area contributed by atoms with E-state index >= 15 is 0 Å². The van der Waals surface area contributed by atoms with Gasteiger partial charge in [0, 0.05) is 0 Å². The molecule has 0 bridgehead atoms. The highest BCUT2D eigenvalue weighted by Gasteiger charge is 2.12. The molecule has 1 aromatic rings. The van der Waals surface area contributed by atoms with E-state index < -0.39 is 15.8 Å². The molecule has 0 aliphatic heterocycles. The number of aryl methyl sites for hydroxylation is 1. The maximum Gasteiger partial charge on any atom is 0.232 e. The standard InChI is InChI=1S/C11H17FN2O2S/c1-9-4-5-11(10(12)8-9)14-17(15,16)7-3-2-6-13/h4-5,8,14H,2-3,6-7,13H2,1H3. The summed E-state index contributed by atoms with van der Waals surface area (Å²) in [6.45, 7) is 2.19. The fraction of sp³-hybridized carbons (Fsp3) is 0.455. The number of halogens is 1. The van der Waals surface area contributed by atoms with Gasteiger partial charge >= 0.3 is 0 Å². The van der Waals surface area contributed by atoms with Crippen molar-refractivity contribution < 1.29 is 12.8 Å². The number of hydrogen-bond acceptors (Lipinski definition) is 3. The molecular weight excluding hydrogens is 243 g/mol. The number of rotatable bonds is 6. The van der Waals surface area contributed by atoms with E-state index in [1.165, 1.54) is 12.1 Å². The van der Waals surface area contributed by atoms with E-state index in [0.29, 0.717) is 19.4 Å². The van der Waals surface area contributed by atoms with E-state index in [1.54, 1.807) is 13.0 Å². The Morgan fingerprint density at radius 3 is 2.65 bits per heavy atom. The van der Waals surface area contributed by atoms with Crippen LogP contribution in [0.1, 0.15) is 18.4 Å². The monoisotopic (exact) mass is 260 g/mol. The minimum Gasteiger partial charge on any atom is -0.330 e. The molecule has 0 aromatic heterocycles. The van der Waals surface area contributed by atoms with Gasteiger partial charge < -0.3 is 5.73 Å². The Kier molecular flexibility index (Phi) is 4.89. The highest BCUT2D eigenvalue weighted by Crippen LogP contribution is 2.17. The third-order valence-electron chi connectivity index (χ3n) is 2.26. The second-order valence-corrected chi connectivity index (χ2v) is 5.74. The molecule has 0 amide bonds. The second kappa shape index (κ2) is 5.97. The third-order valence-corrected chi connectivity index (χ3v) is 3.61. The first-order chi connectivity index (χ1) is 7.94. The van der Waals surface area contributed by atoms with Crippen molar-refractivity contribution in [1.82, 2.24) is 0 Å². The van der Waals surface area contributed by atoms with Crippen LogP contribution >= 0.6 is 0 Å². The van der Waals surface area contributed by atoms with Gasteiger partial charge in [0.05, 0.1) is 11.4 Å². The molecule has 17 heavy (non-hydrogen) atoms. The number of nitrogens with one attached hydrogen (secondary N) is 1. The number of sulfonamides is 1. The number of anilines is 1. The summed E-state index contributed by atoms with van der Waals surface area (Å²) in [6, 6.07) is 4.36. The van der Waals surface area contributed by atoms with Crippen molar-refractivity contribution in [2.75, 3.05) is 17.0 Å². The summed E-state index contributed by atoms with van der Waals surface area (Å²) in [5.74, 6) is -0.607. The van der Waals surface area contributed by atoms with Crippen molar-refractivity contribution in [3.63, 3.8) is 0 Å². The molecule has 0 saturated carbocycles. The van der Waals surface area contributed by atoms with Gasteiger partial charge in [-0.3, -0.25) is 4.72 Å². The zero-order valence-electron chi connectivity index (χ0n) is 9.74. The Bertz CT molecular complexity index is 474. The number of benzene rings is 1. The Morgan fingerprint density at radius 1 is 1.35 bits per heavy atom. The Balaban J connectivity index is 2.69. The summed E-state index contributed by atoms with van der Waals surface area (Å²) in [5, 5.41) is 0. The fourth-order valence-corrected chi connectivity index (χ4v) is 2.54. The van der Waals surface area contributed by atoms with Crippen LogP contribution < -0.4 is 10.5 Å². The van der Waals surface area contributed by atoms with Crippen molar-refractivity contribution in [2.45, 2.75) is 19.8 Å². The van der Waals surface area contributed by atoms with E-state index in [2.05, 4.69) is 4.72 Å². The predicted octanol–water partition coefficient (Wildman–Crippen LogP) is 1.61. The van der Waals surface area contributed by atoms with Gasteiger partial charge in [-0.2, -0.15) is 0 Å². The molecule has 1 rings (SSSR count). The summed E-state index contributed by atoms with van der Waals surface area (Å²) in [6.07, 6.45) is 1.11.